The highest BCUT2D eigenvalue weighted by atomic mass is 16.5. The van der Waals surface area contributed by atoms with Crippen LogP contribution in [0.5, 0.6) is 0 Å². The molecule has 0 radical (unpaired) electrons. The molecule has 0 aliphatic heterocycles. The second-order valence-electron chi connectivity index (χ2n) is 4.56. The Morgan fingerprint density at radius 3 is 2.95 bits per heavy atom. The van der Waals surface area contributed by atoms with Crippen LogP contribution in [0.15, 0.2) is 42.6 Å². The molecule has 6 heteroatoms. The van der Waals surface area contributed by atoms with E-state index in [4.69, 9.17) is 10.5 Å². The Hall–Kier alpha value is -2.73. The fourth-order valence-electron chi connectivity index (χ4n) is 2.08. The van der Waals surface area contributed by atoms with E-state index in [2.05, 4.69) is 20.3 Å². The molecule has 2 aromatic heterocycles. The van der Waals surface area contributed by atoms with E-state index in [1.807, 2.05) is 30.3 Å². The molecule has 21 heavy (non-hydrogen) atoms. The van der Waals surface area contributed by atoms with Gasteiger partial charge in [-0.3, -0.25) is 4.98 Å². The van der Waals surface area contributed by atoms with Gasteiger partial charge in [0.1, 0.15) is 18.2 Å². The molecule has 0 atom stereocenters. The van der Waals surface area contributed by atoms with Gasteiger partial charge in [0.2, 0.25) is 0 Å². The topological polar surface area (TPSA) is 86.0 Å². The number of nitrogen functional groups attached to an aromatic ring is 1. The predicted molar refractivity (Wildman–Crippen MR) is 82.2 cm³/mol. The molecule has 3 N–H and O–H groups in total. The molecule has 0 spiro atoms. The molecule has 6 nitrogen and oxygen atoms in total. The Morgan fingerprint density at radius 1 is 1.19 bits per heavy atom. The maximum Gasteiger partial charge on any atom is 0.158 e. The van der Waals surface area contributed by atoms with Crippen molar-refractivity contribution in [3.63, 3.8) is 0 Å². The third kappa shape index (κ3) is 3.06. The van der Waals surface area contributed by atoms with Gasteiger partial charge >= 0.3 is 0 Å². The van der Waals surface area contributed by atoms with E-state index in [9.17, 15) is 0 Å². The van der Waals surface area contributed by atoms with E-state index in [1.165, 1.54) is 0 Å². The summed E-state index contributed by atoms with van der Waals surface area (Å²) in [5.74, 6) is 1.59. The van der Waals surface area contributed by atoms with Crippen LogP contribution in [0.3, 0.4) is 0 Å². The second kappa shape index (κ2) is 5.72. The van der Waals surface area contributed by atoms with Crippen molar-refractivity contribution in [3.8, 4) is 0 Å². The molecular weight excluding hydrogens is 266 g/mol. The normalized spacial score (nSPS) is 10.7. The van der Waals surface area contributed by atoms with Gasteiger partial charge in [-0.05, 0) is 24.3 Å². The van der Waals surface area contributed by atoms with E-state index in [0.29, 0.717) is 24.1 Å². The first-order chi connectivity index (χ1) is 10.2. The van der Waals surface area contributed by atoms with Crippen LogP contribution in [0.25, 0.3) is 10.9 Å². The number of methoxy groups -OCH3 is 1. The highest BCUT2D eigenvalue weighted by Gasteiger charge is 2.04. The minimum Gasteiger partial charge on any atom is -0.384 e. The number of nitrogens with one attached hydrogen (secondary N) is 1. The minimum atomic E-state index is 0.321. The van der Waals surface area contributed by atoms with E-state index < -0.39 is 0 Å². The minimum absolute atomic E-state index is 0.321. The number of pyridine rings is 1. The lowest BCUT2D eigenvalue weighted by Gasteiger charge is -2.09. The number of hydrogen-bond donors (Lipinski definition) is 2. The Kier molecular flexibility index (Phi) is 3.61. The van der Waals surface area contributed by atoms with Gasteiger partial charge in [-0.2, -0.15) is 0 Å². The van der Waals surface area contributed by atoms with Gasteiger partial charge in [-0.25, -0.2) is 9.97 Å². The van der Waals surface area contributed by atoms with E-state index >= 15 is 0 Å². The Morgan fingerprint density at radius 2 is 2.10 bits per heavy atom. The molecular formula is C15H15N5O. The molecule has 106 valence electrons. The molecule has 1 aromatic carbocycles. The summed E-state index contributed by atoms with van der Waals surface area (Å²) in [4.78, 5) is 12.8. The van der Waals surface area contributed by atoms with Crippen molar-refractivity contribution in [1.82, 2.24) is 15.0 Å². The number of nitrogens with zero attached hydrogens (tertiary/aromatic N) is 3. The highest BCUT2D eigenvalue weighted by molar-refractivity contribution is 5.83. The molecule has 0 saturated carbocycles. The van der Waals surface area contributed by atoms with Crippen molar-refractivity contribution < 1.29 is 4.74 Å². The molecule has 0 unspecified atom stereocenters. The number of anilines is 3. The molecule has 3 rings (SSSR count). The number of ether oxygens (including phenoxy) is 1. The lowest BCUT2D eigenvalue weighted by molar-refractivity contribution is 0.178. The molecule has 0 saturated heterocycles. The maximum absolute atomic E-state index is 5.78. The zero-order valence-corrected chi connectivity index (χ0v) is 11.6. The Labute approximate surface area is 122 Å². The zero-order valence-electron chi connectivity index (χ0n) is 11.6. The summed E-state index contributed by atoms with van der Waals surface area (Å²) >= 11 is 0. The van der Waals surface area contributed by atoms with Gasteiger partial charge < -0.3 is 15.8 Å². The number of aromatic nitrogens is 3. The van der Waals surface area contributed by atoms with Gasteiger partial charge in [0, 0.05) is 30.4 Å². The summed E-state index contributed by atoms with van der Waals surface area (Å²) in [5, 5.41) is 4.28. The van der Waals surface area contributed by atoms with E-state index in [0.717, 1.165) is 16.6 Å². The zero-order chi connectivity index (χ0) is 14.7. The fourth-order valence-corrected chi connectivity index (χ4v) is 2.08. The van der Waals surface area contributed by atoms with Crippen LogP contribution < -0.4 is 11.1 Å². The van der Waals surface area contributed by atoms with Gasteiger partial charge in [0.15, 0.2) is 5.82 Å². The first-order valence-electron chi connectivity index (χ1n) is 6.49. The Balaban J connectivity index is 1.90. The molecule has 2 heterocycles. The number of benzene rings is 1. The fraction of sp³-hybridized carbons (Fsp3) is 0.133. The quantitative estimate of drug-likeness (QED) is 0.764. The lowest BCUT2D eigenvalue weighted by atomic mass is 10.2. The number of fused-ring (bicyclic) bond motifs is 1. The number of hydrogen-bond acceptors (Lipinski definition) is 6. The summed E-state index contributed by atoms with van der Waals surface area (Å²) in [6, 6.07) is 11.5. The van der Waals surface area contributed by atoms with Crippen molar-refractivity contribution in [1.29, 1.82) is 0 Å². The maximum atomic E-state index is 5.78. The molecule has 0 amide bonds. The SMILES string of the molecule is COCc1nc(N)cc(Nc2ccc3ncccc3c2)n1. The van der Waals surface area contributed by atoms with Crippen LogP contribution >= 0.6 is 0 Å². The lowest BCUT2D eigenvalue weighted by Crippen LogP contribution is -2.04. The first-order valence-corrected chi connectivity index (χ1v) is 6.49. The monoisotopic (exact) mass is 281 g/mol. The summed E-state index contributed by atoms with van der Waals surface area (Å²) < 4.78 is 5.03. The second-order valence-corrected chi connectivity index (χ2v) is 4.56. The van der Waals surface area contributed by atoms with Crippen LogP contribution in [-0.4, -0.2) is 22.1 Å². The van der Waals surface area contributed by atoms with Crippen LogP contribution in [0.2, 0.25) is 0 Å². The third-order valence-electron chi connectivity index (χ3n) is 2.94. The highest BCUT2D eigenvalue weighted by Crippen LogP contribution is 2.21. The smallest absolute Gasteiger partial charge is 0.158 e. The first kappa shape index (κ1) is 13.3. The summed E-state index contributed by atoms with van der Waals surface area (Å²) in [5.41, 5.74) is 7.64. The summed E-state index contributed by atoms with van der Waals surface area (Å²) in [7, 11) is 1.59. The van der Waals surface area contributed by atoms with Gasteiger partial charge in [-0.15, -0.1) is 0 Å². The molecule has 0 bridgehead atoms. The van der Waals surface area contributed by atoms with Crippen molar-refractivity contribution in [2.24, 2.45) is 0 Å². The van der Waals surface area contributed by atoms with Crippen molar-refractivity contribution in [2.75, 3.05) is 18.2 Å². The van der Waals surface area contributed by atoms with Crippen LogP contribution in [-0.2, 0) is 11.3 Å². The van der Waals surface area contributed by atoms with Crippen molar-refractivity contribution in [3.05, 3.63) is 48.4 Å². The third-order valence-corrected chi connectivity index (χ3v) is 2.94. The van der Waals surface area contributed by atoms with E-state index in [1.54, 1.807) is 19.4 Å². The predicted octanol–water partition coefficient (Wildman–Crippen LogP) is 2.50. The number of rotatable bonds is 4. The average Bonchev–Trinajstić information content (AvgIpc) is 2.47. The molecule has 0 fully saturated rings. The van der Waals surface area contributed by atoms with Gasteiger partial charge in [0.25, 0.3) is 0 Å². The van der Waals surface area contributed by atoms with E-state index in [-0.39, 0.29) is 0 Å². The molecule has 3 aromatic rings. The van der Waals surface area contributed by atoms with Crippen LogP contribution in [0.4, 0.5) is 17.3 Å². The molecule has 0 aliphatic carbocycles. The number of nitrogens with two attached hydrogens (primary N) is 1. The van der Waals surface area contributed by atoms with Crippen LogP contribution in [0.1, 0.15) is 5.82 Å². The van der Waals surface area contributed by atoms with Crippen molar-refractivity contribution in [2.45, 2.75) is 6.61 Å². The Bertz CT molecular complexity index is 775. The average molecular weight is 281 g/mol. The standard InChI is InChI=1S/C15H15N5O/c1-21-9-15-19-13(16)8-14(20-15)18-11-4-5-12-10(7-11)3-2-6-17-12/h2-8H,9H2,1H3,(H3,16,18,19,20). The summed E-state index contributed by atoms with van der Waals surface area (Å²) in [6.45, 7) is 0.321. The van der Waals surface area contributed by atoms with Crippen LogP contribution in [0, 0.1) is 0 Å². The summed E-state index contributed by atoms with van der Waals surface area (Å²) in [6.07, 6.45) is 1.78. The van der Waals surface area contributed by atoms with Crippen molar-refractivity contribution >= 4 is 28.2 Å². The van der Waals surface area contributed by atoms with Gasteiger partial charge in [0.05, 0.1) is 5.52 Å². The molecule has 0 aliphatic rings. The van der Waals surface area contributed by atoms with Gasteiger partial charge in [-0.1, -0.05) is 6.07 Å². The largest absolute Gasteiger partial charge is 0.384 e.